The van der Waals surface area contributed by atoms with Crippen molar-refractivity contribution in [3.63, 3.8) is 0 Å². The van der Waals surface area contributed by atoms with Crippen molar-refractivity contribution in [3.8, 4) is 5.75 Å². The van der Waals surface area contributed by atoms with E-state index in [1.54, 1.807) is 0 Å². The molecule has 0 N–H and O–H groups in total. The van der Waals surface area contributed by atoms with E-state index in [2.05, 4.69) is 0 Å². The first kappa shape index (κ1) is 11.3. The van der Waals surface area contributed by atoms with Crippen molar-refractivity contribution in [1.82, 2.24) is 0 Å². The molecule has 0 amide bonds. The monoisotopic (exact) mass is 240 g/mol. The molecule has 1 saturated carbocycles. The largest absolute Gasteiger partial charge is 0.493 e. The molecule has 0 bridgehead atoms. The van der Waals surface area contributed by atoms with Crippen molar-refractivity contribution in [3.05, 3.63) is 42.0 Å². The second-order valence-corrected chi connectivity index (χ2v) is 4.92. The Morgan fingerprint density at radius 2 is 2.00 bits per heavy atom. The first-order valence-electron chi connectivity index (χ1n) is 6.48. The Morgan fingerprint density at radius 3 is 2.72 bits per heavy atom. The van der Waals surface area contributed by atoms with Crippen LogP contribution in [0.4, 0.5) is 0 Å². The van der Waals surface area contributed by atoms with Crippen LogP contribution in [0.1, 0.15) is 29.6 Å². The van der Waals surface area contributed by atoms with Crippen molar-refractivity contribution in [2.24, 2.45) is 5.92 Å². The molecule has 0 spiro atoms. The molecule has 2 heteroatoms. The number of benzene rings is 2. The Hall–Kier alpha value is -1.83. The zero-order valence-electron chi connectivity index (χ0n) is 10.3. The highest BCUT2D eigenvalue weighted by atomic mass is 16.5. The smallest absolute Gasteiger partial charge is 0.154 e. The van der Waals surface area contributed by atoms with Crippen LogP contribution in [-0.4, -0.2) is 12.9 Å². The summed E-state index contributed by atoms with van der Waals surface area (Å²) in [5.41, 5.74) is 0.674. The van der Waals surface area contributed by atoms with Gasteiger partial charge in [0.25, 0.3) is 0 Å². The summed E-state index contributed by atoms with van der Waals surface area (Å²) in [6, 6.07) is 11.8. The molecular formula is C16H16O2. The summed E-state index contributed by atoms with van der Waals surface area (Å²) in [4.78, 5) is 11.3. The van der Waals surface area contributed by atoms with Crippen molar-refractivity contribution in [2.75, 3.05) is 6.61 Å². The predicted octanol–water partition coefficient (Wildman–Crippen LogP) is 3.83. The lowest BCUT2D eigenvalue weighted by molar-refractivity contribution is 0.111. The number of rotatable bonds is 4. The molecule has 0 radical (unpaired) electrons. The molecule has 3 rings (SSSR count). The van der Waals surface area contributed by atoms with E-state index in [0.29, 0.717) is 11.5 Å². The Bertz CT molecular complexity index is 570. The zero-order chi connectivity index (χ0) is 12.4. The van der Waals surface area contributed by atoms with Crippen molar-refractivity contribution >= 4 is 17.1 Å². The van der Waals surface area contributed by atoms with Crippen LogP contribution in [0.5, 0.6) is 5.75 Å². The van der Waals surface area contributed by atoms with Gasteiger partial charge in [-0.25, -0.2) is 0 Å². The number of carbonyl (C=O) groups is 1. The highest BCUT2D eigenvalue weighted by molar-refractivity contribution is 6.00. The van der Waals surface area contributed by atoms with Crippen molar-refractivity contribution < 1.29 is 9.53 Å². The third-order valence-electron chi connectivity index (χ3n) is 3.75. The first-order valence-corrected chi connectivity index (χ1v) is 6.48. The quantitative estimate of drug-likeness (QED) is 0.759. The average molecular weight is 240 g/mol. The van der Waals surface area contributed by atoms with Gasteiger partial charge in [0.1, 0.15) is 5.75 Å². The molecule has 0 unspecified atom stereocenters. The Kier molecular flexibility index (Phi) is 3.01. The standard InChI is InChI=1S/C16H16O2/c17-10-15-14-7-2-1-6-13(14)8-9-16(15)18-11-12-4-3-5-12/h1-2,6-10,12H,3-5,11H2. The van der Waals surface area contributed by atoms with Crippen LogP contribution in [0.2, 0.25) is 0 Å². The molecule has 2 aromatic rings. The van der Waals surface area contributed by atoms with Gasteiger partial charge in [-0.1, -0.05) is 36.8 Å². The summed E-state index contributed by atoms with van der Waals surface area (Å²) >= 11 is 0. The molecule has 0 aromatic heterocycles. The summed E-state index contributed by atoms with van der Waals surface area (Å²) in [5, 5.41) is 2.05. The van der Waals surface area contributed by atoms with Crippen LogP contribution in [0, 0.1) is 5.92 Å². The maximum absolute atomic E-state index is 11.3. The third kappa shape index (κ3) is 1.99. The summed E-state index contributed by atoms with van der Waals surface area (Å²) in [5.74, 6) is 1.39. The molecular weight excluding hydrogens is 224 g/mol. The summed E-state index contributed by atoms with van der Waals surface area (Å²) < 4.78 is 5.81. The van der Waals surface area contributed by atoms with E-state index in [1.807, 2.05) is 36.4 Å². The fourth-order valence-electron chi connectivity index (χ4n) is 2.39. The Morgan fingerprint density at radius 1 is 1.17 bits per heavy atom. The molecule has 18 heavy (non-hydrogen) atoms. The van der Waals surface area contributed by atoms with Gasteiger partial charge in [0.2, 0.25) is 0 Å². The van der Waals surface area contributed by atoms with Crippen LogP contribution in [0.3, 0.4) is 0 Å². The van der Waals surface area contributed by atoms with Crippen molar-refractivity contribution in [1.29, 1.82) is 0 Å². The fraction of sp³-hybridized carbons (Fsp3) is 0.312. The average Bonchev–Trinajstić information content (AvgIpc) is 2.36. The lowest BCUT2D eigenvalue weighted by Gasteiger charge is -2.25. The lowest BCUT2D eigenvalue weighted by Crippen LogP contribution is -2.19. The SMILES string of the molecule is O=Cc1c(OCC2CCC2)ccc2ccccc12. The van der Waals surface area contributed by atoms with E-state index in [9.17, 15) is 4.79 Å². The summed E-state index contributed by atoms with van der Waals surface area (Å²) in [6.07, 6.45) is 4.72. The third-order valence-corrected chi connectivity index (χ3v) is 3.75. The predicted molar refractivity (Wildman–Crippen MR) is 72.2 cm³/mol. The summed E-state index contributed by atoms with van der Waals surface area (Å²) in [7, 11) is 0. The van der Waals surface area contributed by atoms with Gasteiger partial charge < -0.3 is 4.74 Å². The van der Waals surface area contributed by atoms with Crippen LogP contribution >= 0.6 is 0 Å². The maximum atomic E-state index is 11.3. The van der Waals surface area contributed by atoms with Crippen molar-refractivity contribution in [2.45, 2.75) is 19.3 Å². The second kappa shape index (κ2) is 4.81. The molecule has 0 atom stereocenters. The Balaban J connectivity index is 1.92. The number of fused-ring (bicyclic) bond motifs is 1. The summed E-state index contributed by atoms with van der Waals surface area (Å²) in [6.45, 7) is 0.735. The molecule has 1 aliphatic carbocycles. The van der Waals surface area contributed by atoms with Gasteiger partial charge in [-0.2, -0.15) is 0 Å². The number of hydrogen-bond acceptors (Lipinski definition) is 2. The molecule has 2 nitrogen and oxygen atoms in total. The van der Waals surface area contributed by atoms with Gasteiger partial charge in [-0.15, -0.1) is 0 Å². The van der Waals surface area contributed by atoms with Gasteiger partial charge >= 0.3 is 0 Å². The number of carbonyl (C=O) groups excluding carboxylic acids is 1. The number of hydrogen-bond donors (Lipinski definition) is 0. The van der Waals surface area contributed by atoms with E-state index in [0.717, 1.165) is 29.4 Å². The van der Waals surface area contributed by atoms with E-state index < -0.39 is 0 Å². The molecule has 2 aromatic carbocycles. The molecule has 1 aliphatic rings. The van der Waals surface area contributed by atoms with Crippen LogP contribution in [0.15, 0.2) is 36.4 Å². The normalized spacial score (nSPS) is 15.3. The van der Waals surface area contributed by atoms with Crippen LogP contribution in [0.25, 0.3) is 10.8 Å². The van der Waals surface area contributed by atoms with E-state index in [1.165, 1.54) is 19.3 Å². The maximum Gasteiger partial charge on any atom is 0.154 e. The van der Waals surface area contributed by atoms with Crippen LogP contribution < -0.4 is 4.74 Å². The molecule has 92 valence electrons. The highest BCUT2D eigenvalue weighted by Gasteiger charge is 2.18. The second-order valence-electron chi connectivity index (χ2n) is 4.92. The topological polar surface area (TPSA) is 26.3 Å². The van der Waals surface area contributed by atoms with E-state index in [-0.39, 0.29) is 0 Å². The molecule has 0 aliphatic heterocycles. The van der Waals surface area contributed by atoms with Gasteiger partial charge in [-0.3, -0.25) is 4.79 Å². The Labute approximate surface area is 107 Å². The minimum atomic E-state index is 0.674. The zero-order valence-corrected chi connectivity index (χ0v) is 10.3. The van der Waals surface area contributed by atoms with Gasteiger partial charge in [0, 0.05) is 0 Å². The minimum absolute atomic E-state index is 0.674. The molecule has 1 fully saturated rings. The molecule has 0 saturated heterocycles. The van der Waals surface area contributed by atoms with Crippen LogP contribution in [-0.2, 0) is 0 Å². The number of ether oxygens (including phenoxy) is 1. The van der Waals surface area contributed by atoms with E-state index >= 15 is 0 Å². The minimum Gasteiger partial charge on any atom is -0.493 e. The fourth-order valence-corrected chi connectivity index (χ4v) is 2.39. The lowest BCUT2D eigenvalue weighted by atomic mass is 9.86. The number of aldehydes is 1. The van der Waals surface area contributed by atoms with Gasteiger partial charge in [-0.05, 0) is 35.6 Å². The van der Waals surface area contributed by atoms with Gasteiger partial charge in [0.05, 0.1) is 12.2 Å². The van der Waals surface area contributed by atoms with E-state index in [4.69, 9.17) is 4.74 Å². The van der Waals surface area contributed by atoms with Gasteiger partial charge in [0.15, 0.2) is 6.29 Å². The molecule has 0 heterocycles. The highest BCUT2D eigenvalue weighted by Crippen LogP contribution is 2.30. The first-order chi connectivity index (χ1) is 8.88.